The minimum atomic E-state index is -0.444. The Balaban J connectivity index is 1.87. The lowest BCUT2D eigenvalue weighted by atomic mass is 10.0. The summed E-state index contributed by atoms with van der Waals surface area (Å²) in [6, 6.07) is 4.75. The molecule has 0 radical (unpaired) electrons. The molecule has 3 atom stereocenters. The first kappa shape index (κ1) is 27.5. The molecular weight excluding hydrogens is 462 g/mol. The molecule has 2 aromatic rings. The molecule has 0 fully saturated rings. The van der Waals surface area contributed by atoms with Gasteiger partial charge in [-0.05, 0) is 51.8 Å². The summed E-state index contributed by atoms with van der Waals surface area (Å²) in [7, 11) is 3.47. The standard InChI is InChI=1S/C26H39N5O5/c1-8-11-31-13-16(2)23(34-7)14-30(6)25(32)21-10-9-20(12-22(21)35-15-17(31)3)27-26(33)28-24-18(4)29-36-19(24)5/h9-10,12,16-17,23H,8,11,13-15H2,1-7H3,(H2,27,28,33)/t16-,17+,23-/m1/s1. The number of carbonyl (C=O) groups is 2. The van der Waals surface area contributed by atoms with E-state index in [4.69, 9.17) is 14.0 Å². The van der Waals surface area contributed by atoms with Crippen LogP contribution in [0.25, 0.3) is 0 Å². The molecule has 1 aliphatic rings. The van der Waals surface area contributed by atoms with E-state index >= 15 is 0 Å². The van der Waals surface area contributed by atoms with Gasteiger partial charge in [-0.3, -0.25) is 9.69 Å². The monoisotopic (exact) mass is 501 g/mol. The van der Waals surface area contributed by atoms with Crippen molar-refractivity contribution in [2.45, 2.75) is 53.2 Å². The van der Waals surface area contributed by atoms with E-state index in [2.05, 4.69) is 41.5 Å². The van der Waals surface area contributed by atoms with Gasteiger partial charge < -0.3 is 29.5 Å². The molecule has 2 N–H and O–H groups in total. The second-order valence-corrected chi connectivity index (χ2v) is 9.58. The molecule has 0 saturated heterocycles. The van der Waals surface area contributed by atoms with Crippen molar-refractivity contribution in [1.82, 2.24) is 15.0 Å². The fourth-order valence-electron chi connectivity index (χ4n) is 4.46. The number of aryl methyl sites for hydroxylation is 2. The number of amides is 3. The van der Waals surface area contributed by atoms with Crippen molar-refractivity contribution in [3.63, 3.8) is 0 Å². The molecule has 2 heterocycles. The highest BCUT2D eigenvalue weighted by Crippen LogP contribution is 2.27. The average molecular weight is 502 g/mol. The van der Waals surface area contributed by atoms with Crippen LogP contribution in [0.3, 0.4) is 0 Å². The fraction of sp³-hybridized carbons (Fsp3) is 0.577. The average Bonchev–Trinajstić information content (AvgIpc) is 3.16. The van der Waals surface area contributed by atoms with Gasteiger partial charge in [-0.15, -0.1) is 0 Å². The van der Waals surface area contributed by atoms with Gasteiger partial charge in [0, 0.05) is 45.0 Å². The Bertz CT molecular complexity index is 1040. The Kier molecular flexibility index (Phi) is 9.33. The van der Waals surface area contributed by atoms with Crippen molar-refractivity contribution in [2.24, 2.45) is 5.92 Å². The Morgan fingerprint density at radius 3 is 2.61 bits per heavy atom. The second-order valence-electron chi connectivity index (χ2n) is 9.58. The highest BCUT2D eigenvalue weighted by atomic mass is 16.5. The van der Waals surface area contributed by atoms with Crippen molar-refractivity contribution < 1.29 is 23.6 Å². The molecule has 0 aliphatic carbocycles. The summed E-state index contributed by atoms with van der Waals surface area (Å²) in [4.78, 5) is 30.0. The number of anilines is 2. The first-order valence-electron chi connectivity index (χ1n) is 12.4. The number of benzene rings is 1. The molecule has 198 valence electrons. The lowest BCUT2D eigenvalue weighted by Crippen LogP contribution is -2.46. The molecule has 1 aromatic carbocycles. The number of ether oxygens (including phenoxy) is 2. The molecule has 0 saturated carbocycles. The highest BCUT2D eigenvalue weighted by molar-refractivity contribution is 6.02. The van der Waals surface area contributed by atoms with Gasteiger partial charge in [-0.25, -0.2) is 4.79 Å². The van der Waals surface area contributed by atoms with Gasteiger partial charge in [0.1, 0.15) is 23.7 Å². The third-order valence-corrected chi connectivity index (χ3v) is 6.62. The molecule has 36 heavy (non-hydrogen) atoms. The predicted molar refractivity (Wildman–Crippen MR) is 139 cm³/mol. The van der Waals surface area contributed by atoms with Crippen molar-refractivity contribution >= 4 is 23.3 Å². The summed E-state index contributed by atoms with van der Waals surface area (Å²) in [6.07, 6.45) is 0.932. The molecule has 0 unspecified atom stereocenters. The Hall–Kier alpha value is -3.11. The molecule has 0 bridgehead atoms. The number of nitrogens with zero attached hydrogens (tertiary/aromatic N) is 3. The summed E-state index contributed by atoms with van der Waals surface area (Å²) in [5.41, 5.74) is 2.05. The Labute approximate surface area is 213 Å². The van der Waals surface area contributed by atoms with Crippen LogP contribution < -0.4 is 15.4 Å². The number of hydrogen-bond acceptors (Lipinski definition) is 7. The summed E-state index contributed by atoms with van der Waals surface area (Å²) < 4.78 is 17.1. The Morgan fingerprint density at radius 2 is 1.97 bits per heavy atom. The molecule has 3 rings (SSSR count). The van der Waals surface area contributed by atoms with Gasteiger partial charge in [0.25, 0.3) is 5.91 Å². The smallest absolute Gasteiger partial charge is 0.323 e. The summed E-state index contributed by atoms with van der Waals surface area (Å²) in [5, 5.41) is 9.41. The van der Waals surface area contributed by atoms with E-state index in [1.807, 2.05) is 0 Å². The largest absolute Gasteiger partial charge is 0.491 e. The van der Waals surface area contributed by atoms with E-state index in [1.54, 1.807) is 51.1 Å². The first-order chi connectivity index (χ1) is 17.1. The van der Waals surface area contributed by atoms with Crippen molar-refractivity contribution in [2.75, 3.05) is 51.0 Å². The number of methoxy groups -OCH3 is 1. The fourth-order valence-corrected chi connectivity index (χ4v) is 4.46. The zero-order valence-corrected chi connectivity index (χ0v) is 22.4. The quantitative estimate of drug-likeness (QED) is 0.633. The van der Waals surface area contributed by atoms with Crippen molar-refractivity contribution in [3.05, 3.63) is 35.2 Å². The first-order valence-corrected chi connectivity index (χ1v) is 12.4. The zero-order chi connectivity index (χ0) is 26.4. The summed E-state index contributed by atoms with van der Waals surface area (Å²) in [6.45, 7) is 12.6. The molecular formula is C26H39N5O5. The molecule has 3 amide bonds. The number of aromatic nitrogens is 1. The number of likely N-dealkylation sites (N-methyl/N-ethyl adjacent to an activating group) is 1. The maximum absolute atomic E-state index is 13.4. The summed E-state index contributed by atoms with van der Waals surface area (Å²) >= 11 is 0. The van der Waals surface area contributed by atoms with Gasteiger partial charge in [0.2, 0.25) is 0 Å². The van der Waals surface area contributed by atoms with Crippen molar-refractivity contribution in [1.29, 1.82) is 0 Å². The van der Waals surface area contributed by atoms with Gasteiger partial charge in [0.15, 0.2) is 5.76 Å². The minimum absolute atomic E-state index is 0.0942. The van der Waals surface area contributed by atoms with Gasteiger partial charge in [0.05, 0.1) is 11.7 Å². The lowest BCUT2D eigenvalue weighted by Gasteiger charge is -2.35. The molecule has 0 spiro atoms. The van der Waals surface area contributed by atoms with Crippen LogP contribution in [0.2, 0.25) is 0 Å². The molecule has 1 aromatic heterocycles. The predicted octanol–water partition coefficient (Wildman–Crippen LogP) is 4.15. The molecule has 10 heteroatoms. The van der Waals surface area contributed by atoms with E-state index in [1.165, 1.54) is 0 Å². The van der Waals surface area contributed by atoms with Gasteiger partial charge >= 0.3 is 6.03 Å². The van der Waals surface area contributed by atoms with E-state index in [-0.39, 0.29) is 24.0 Å². The van der Waals surface area contributed by atoms with E-state index in [9.17, 15) is 9.59 Å². The number of fused-ring (bicyclic) bond motifs is 1. The third-order valence-electron chi connectivity index (χ3n) is 6.62. The zero-order valence-electron chi connectivity index (χ0n) is 22.4. The topological polar surface area (TPSA) is 109 Å². The molecule has 1 aliphatic heterocycles. The minimum Gasteiger partial charge on any atom is -0.491 e. The van der Waals surface area contributed by atoms with Crippen LogP contribution >= 0.6 is 0 Å². The van der Waals surface area contributed by atoms with Crippen LogP contribution in [0.1, 0.15) is 49.0 Å². The van der Waals surface area contributed by atoms with Crippen LogP contribution in [0.4, 0.5) is 16.2 Å². The van der Waals surface area contributed by atoms with Crippen LogP contribution in [-0.2, 0) is 4.74 Å². The van der Waals surface area contributed by atoms with Gasteiger partial charge in [-0.2, -0.15) is 0 Å². The number of hydrogen-bond donors (Lipinski definition) is 2. The number of nitrogens with one attached hydrogen (secondary N) is 2. The van der Waals surface area contributed by atoms with Crippen LogP contribution in [0.5, 0.6) is 5.75 Å². The second kappa shape index (κ2) is 12.2. The van der Waals surface area contributed by atoms with Crippen molar-refractivity contribution in [3.8, 4) is 5.75 Å². The van der Waals surface area contributed by atoms with Crippen LogP contribution in [-0.4, -0.2) is 79.4 Å². The van der Waals surface area contributed by atoms with E-state index in [0.29, 0.717) is 47.3 Å². The van der Waals surface area contributed by atoms with E-state index < -0.39 is 6.03 Å². The number of urea groups is 1. The van der Waals surface area contributed by atoms with Gasteiger partial charge in [-0.1, -0.05) is 19.0 Å². The SMILES string of the molecule is CCCN1C[C@@H](C)[C@H](OC)CN(C)C(=O)c2ccc(NC(=O)Nc3c(C)noc3C)cc2OC[C@@H]1C. The normalized spacial score (nSPS) is 21.7. The Morgan fingerprint density at radius 1 is 1.22 bits per heavy atom. The number of carbonyl (C=O) groups excluding carboxylic acids is 2. The highest BCUT2D eigenvalue weighted by Gasteiger charge is 2.28. The maximum Gasteiger partial charge on any atom is 0.323 e. The lowest BCUT2D eigenvalue weighted by molar-refractivity contribution is 0.0108. The van der Waals surface area contributed by atoms with E-state index in [0.717, 1.165) is 19.5 Å². The third kappa shape index (κ3) is 6.55. The summed E-state index contributed by atoms with van der Waals surface area (Å²) in [5.74, 6) is 1.02. The van der Waals surface area contributed by atoms with Crippen LogP contribution in [0, 0.1) is 19.8 Å². The number of rotatable bonds is 5. The molecule has 10 nitrogen and oxygen atoms in total. The van der Waals surface area contributed by atoms with Crippen LogP contribution in [0.15, 0.2) is 22.7 Å². The maximum atomic E-state index is 13.4.